The fourth-order valence-corrected chi connectivity index (χ4v) is 3.95. The van der Waals surface area contributed by atoms with Crippen LogP contribution in [0.3, 0.4) is 0 Å². The number of hydrogen-bond donors (Lipinski definition) is 1. The van der Waals surface area contributed by atoms with Gasteiger partial charge in [0.2, 0.25) is 5.91 Å². The fourth-order valence-electron chi connectivity index (χ4n) is 3.03. The highest BCUT2D eigenvalue weighted by Gasteiger charge is 2.28. The van der Waals surface area contributed by atoms with Crippen LogP contribution in [-0.2, 0) is 4.79 Å². The first-order valence-corrected chi connectivity index (χ1v) is 9.12. The maximum atomic E-state index is 12.6. The average molecular weight is 356 g/mol. The normalized spacial score (nSPS) is 15.0. The quantitative estimate of drug-likeness (QED) is 0.854. The summed E-state index contributed by atoms with van der Waals surface area (Å²) in [5, 5.41) is 3.36. The van der Waals surface area contributed by atoms with E-state index in [1.165, 1.54) is 18.3 Å². The summed E-state index contributed by atoms with van der Waals surface area (Å²) in [6.45, 7) is 2.60. The lowest BCUT2D eigenvalue weighted by molar-refractivity contribution is -0.114. The Morgan fingerprint density at radius 3 is 2.36 bits per heavy atom. The summed E-state index contributed by atoms with van der Waals surface area (Å²) in [5.41, 5.74) is 0.741. The average Bonchev–Trinajstić information content (AvgIpc) is 3.09. The summed E-state index contributed by atoms with van der Waals surface area (Å²) in [6.07, 6.45) is 1.37. The number of benzene rings is 1. The zero-order valence-corrected chi connectivity index (χ0v) is 14.8. The summed E-state index contributed by atoms with van der Waals surface area (Å²) in [5.74, 6) is -0.0465. The SMILES string of the molecule is CC(=O)Nc1ccc(C(=O)N2CCC(C(=O)c3ccccc3)CC2)s1. The first kappa shape index (κ1) is 17.4. The molecule has 0 spiro atoms. The van der Waals surface area contributed by atoms with E-state index in [9.17, 15) is 14.4 Å². The van der Waals surface area contributed by atoms with Gasteiger partial charge in [-0.05, 0) is 25.0 Å². The van der Waals surface area contributed by atoms with E-state index >= 15 is 0 Å². The van der Waals surface area contributed by atoms with E-state index in [0.717, 1.165) is 5.56 Å². The van der Waals surface area contributed by atoms with Crippen molar-refractivity contribution in [1.82, 2.24) is 4.90 Å². The van der Waals surface area contributed by atoms with Gasteiger partial charge in [-0.3, -0.25) is 14.4 Å². The lowest BCUT2D eigenvalue weighted by Crippen LogP contribution is -2.40. The Balaban J connectivity index is 1.58. The van der Waals surface area contributed by atoms with Crippen LogP contribution in [-0.4, -0.2) is 35.6 Å². The number of nitrogens with zero attached hydrogens (tertiary/aromatic N) is 1. The van der Waals surface area contributed by atoms with Crippen molar-refractivity contribution in [2.75, 3.05) is 18.4 Å². The number of thiophene rings is 1. The molecule has 1 aromatic heterocycles. The Hall–Kier alpha value is -2.47. The molecule has 1 aliphatic rings. The second kappa shape index (κ2) is 7.61. The summed E-state index contributed by atoms with van der Waals surface area (Å²) in [7, 11) is 0. The van der Waals surface area contributed by atoms with E-state index in [4.69, 9.17) is 0 Å². The maximum Gasteiger partial charge on any atom is 0.263 e. The minimum Gasteiger partial charge on any atom is -0.338 e. The minimum atomic E-state index is -0.152. The number of anilines is 1. The minimum absolute atomic E-state index is 0.0234. The second-order valence-corrected chi connectivity index (χ2v) is 7.23. The molecule has 2 amide bonds. The zero-order valence-electron chi connectivity index (χ0n) is 14.0. The van der Waals surface area contributed by atoms with Crippen molar-refractivity contribution in [1.29, 1.82) is 0 Å². The van der Waals surface area contributed by atoms with Crippen molar-refractivity contribution in [2.45, 2.75) is 19.8 Å². The van der Waals surface area contributed by atoms with Crippen LogP contribution in [0, 0.1) is 5.92 Å². The molecular formula is C19H20N2O3S. The van der Waals surface area contributed by atoms with Crippen LogP contribution >= 0.6 is 11.3 Å². The van der Waals surface area contributed by atoms with Crippen LogP contribution in [0.4, 0.5) is 5.00 Å². The highest BCUT2D eigenvalue weighted by atomic mass is 32.1. The summed E-state index contributed by atoms with van der Waals surface area (Å²) in [6, 6.07) is 12.8. The van der Waals surface area contributed by atoms with Crippen molar-refractivity contribution in [3.05, 3.63) is 52.9 Å². The molecule has 0 saturated carbocycles. The lowest BCUT2D eigenvalue weighted by Gasteiger charge is -2.31. The molecule has 2 heterocycles. The van der Waals surface area contributed by atoms with Crippen molar-refractivity contribution in [2.24, 2.45) is 5.92 Å². The smallest absolute Gasteiger partial charge is 0.263 e. The third-order valence-electron chi connectivity index (χ3n) is 4.33. The van der Waals surface area contributed by atoms with Gasteiger partial charge in [0.15, 0.2) is 5.78 Å². The van der Waals surface area contributed by atoms with Crippen LogP contribution in [0.2, 0.25) is 0 Å². The predicted octanol–water partition coefficient (Wildman–Crippen LogP) is 3.44. The predicted molar refractivity (Wildman–Crippen MR) is 98.0 cm³/mol. The van der Waals surface area contributed by atoms with Gasteiger partial charge in [-0.15, -0.1) is 11.3 Å². The van der Waals surface area contributed by atoms with Gasteiger partial charge in [-0.1, -0.05) is 30.3 Å². The number of Topliss-reactive ketones (excluding diaryl/α,β-unsaturated/α-hetero) is 1. The summed E-state index contributed by atoms with van der Waals surface area (Å²) >= 11 is 1.28. The molecule has 1 aromatic carbocycles. The van der Waals surface area contributed by atoms with E-state index in [1.54, 1.807) is 17.0 Å². The molecule has 2 aromatic rings. The fraction of sp³-hybridized carbons (Fsp3) is 0.316. The topological polar surface area (TPSA) is 66.5 Å². The largest absolute Gasteiger partial charge is 0.338 e. The van der Waals surface area contributed by atoms with Gasteiger partial charge < -0.3 is 10.2 Å². The third-order valence-corrected chi connectivity index (χ3v) is 5.32. The number of ketones is 1. The Bertz CT molecular complexity index is 777. The van der Waals surface area contributed by atoms with E-state index in [1.807, 2.05) is 30.3 Å². The van der Waals surface area contributed by atoms with E-state index in [0.29, 0.717) is 35.8 Å². The molecule has 1 saturated heterocycles. The number of carbonyl (C=O) groups is 3. The van der Waals surface area contributed by atoms with Crippen LogP contribution in [0.1, 0.15) is 39.8 Å². The standard InChI is InChI=1S/C19H20N2O3S/c1-13(22)20-17-8-7-16(25-17)19(24)21-11-9-15(10-12-21)18(23)14-5-3-2-4-6-14/h2-8,15H,9-12H2,1H3,(H,20,22). The molecule has 25 heavy (non-hydrogen) atoms. The number of piperidine rings is 1. The van der Waals surface area contributed by atoms with Crippen LogP contribution in [0.5, 0.6) is 0 Å². The molecule has 0 aliphatic carbocycles. The Kier molecular flexibility index (Phi) is 5.28. The first-order valence-electron chi connectivity index (χ1n) is 8.30. The molecule has 3 rings (SSSR count). The number of amides is 2. The number of rotatable bonds is 4. The van der Waals surface area contributed by atoms with Crippen LogP contribution < -0.4 is 5.32 Å². The molecule has 0 atom stereocenters. The molecule has 0 unspecified atom stereocenters. The third kappa shape index (κ3) is 4.14. The molecule has 0 bridgehead atoms. The van der Waals surface area contributed by atoms with Gasteiger partial charge in [-0.2, -0.15) is 0 Å². The Morgan fingerprint density at radius 2 is 1.72 bits per heavy atom. The number of carbonyl (C=O) groups excluding carboxylic acids is 3. The van der Waals surface area contributed by atoms with Gasteiger partial charge in [0.1, 0.15) is 0 Å². The Morgan fingerprint density at radius 1 is 1.04 bits per heavy atom. The van der Waals surface area contributed by atoms with E-state index in [2.05, 4.69) is 5.32 Å². The van der Waals surface area contributed by atoms with E-state index < -0.39 is 0 Å². The molecule has 0 radical (unpaired) electrons. The summed E-state index contributed by atoms with van der Waals surface area (Å²) in [4.78, 5) is 38.6. The highest BCUT2D eigenvalue weighted by molar-refractivity contribution is 7.18. The molecule has 1 N–H and O–H groups in total. The van der Waals surface area contributed by atoms with Crippen molar-refractivity contribution in [3.63, 3.8) is 0 Å². The zero-order chi connectivity index (χ0) is 17.8. The van der Waals surface area contributed by atoms with Gasteiger partial charge in [0.25, 0.3) is 5.91 Å². The number of hydrogen-bond acceptors (Lipinski definition) is 4. The monoisotopic (exact) mass is 356 g/mol. The lowest BCUT2D eigenvalue weighted by atomic mass is 9.89. The Labute approximate surface area is 150 Å². The highest BCUT2D eigenvalue weighted by Crippen LogP contribution is 2.27. The van der Waals surface area contributed by atoms with Gasteiger partial charge in [-0.25, -0.2) is 0 Å². The molecule has 6 heteroatoms. The molecular weight excluding hydrogens is 336 g/mol. The van der Waals surface area contributed by atoms with E-state index in [-0.39, 0.29) is 23.5 Å². The molecule has 5 nitrogen and oxygen atoms in total. The molecule has 130 valence electrons. The second-order valence-electron chi connectivity index (χ2n) is 6.14. The summed E-state index contributed by atoms with van der Waals surface area (Å²) < 4.78 is 0. The van der Waals surface area contributed by atoms with Crippen molar-refractivity contribution >= 4 is 33.9 Å². The van der Waals surface area contributed by atoms with Gasteiger partial charge in [0.05, 0.1) is 9.88 Å². The first-order chi connectivity index (χ1) is 12.0. The van der Waals surface area contributed by atoms with Crippen LogP contribution in [0.15, 0.2) is 42.5 Å². The molecule has 1 fully saturated rings. The van der Waals surface area contributed by atoms with Crippen molar-refractivity contribution in [3.8, 4) is 0 Å². The van der Waals surface area contributed by atoms with Gasteiger partial charge >= 0.3 is 0 Å². The number of nitrogens with one attached hydrogen (secondary N) is 1. The van der Waals surface area contributed by atoms with Gasteiger partial charge in [0, 0.05) is 31.5 Å². The maximum absolute atomic E-state index is 12.6. The van der Waals surface area contributed by atoms with Crippen molar-refractivity contribution < 1.29 is 14.4 Å². The number of likely N-dealkylation sites (tertiary alicyclic amines) is 1. The molecule has 1 aliphatic heterocycles. The van der Waals surface area contributed by atoms with Crippen LogP contribution in [0.25, 0.3) is 0 Å².